The van der Waals surface area contributed by atoms with E-state index in [-0.39, 0.29) is 5.91 Å². The minimum Gasteiger partial charge on any atom is -0.397 e. The molecular weight excluding hydrogens is 458 g/mol. The van der Waals surface area contributed by atoms with Crippen molar-refractivity contribution in [2.45, 2.75) is 57.8 Å². The number of fused-ring (bicyclic) bond motifs is 2. The Morgan fingerprint density at radius 3 is 2.68 bits per heavy atom. The van der Waals surface area contributed by atoms with Gasteiger partial charge in [0.2, 0.25) is 5.91 Å². The van der Waals surface area contributed by atoms with Crippen molar-refractivity contribution < 1.29 is 4.79 Å². The number of nitrogens with two attached hydrogens (primary N) is 1. The van der Waals surface area contributed by atoms with Gasteiger partial charge in [-0.3, -0.25) is 14.8 Å². The van der Waals surface area contributed by atoms with Gasteiger partial charge in [-0.15, -0.1) is 0 Å². The molecule has 4 aromatic rings. The minimum atomic E-state index is 0.00282. The number of rotatable bonds is 10. The first-order chi connectivity index (χ1) is 18.2. The molecule has 0 aliphatic heterocycles. The number of aromatic nitrogens is 2. The van der Waals surface area contributed by atoms with E-state index in [0.29, 0.717) is 17.8 Å². The summed E-state index contributed by atoms with van der Waals surface area (Å²) in [5, 5.41) is 7.95. The molecule has 1 aliphatic rings. The fourth-order valence-electron chi connectivity index (χ4n) is 5.14. The molecule has 0 radical (unpaired) electrons. The van der Waals surface area contributed by atoms with Crippen LogP contribution in [0.5, 0.6) is 0 Å². The molecule has 6 nitrogen and oxygen atoms in total. The van der Waals surface area contributed by atoms with Gasteiger partial charge in [-0.25, -0.2) is 0 Å². The predicted octanol–water partition coefficient (Wildman–Crippen LogP) is 6.76. The van der Waals surface area contributed by atoms with Gasteiger partial charge in [0.1, 0.15) is 0 Å². The number of para-hydroxylation sites is 1. The molecule has 2 heterocycles. The first kappa shape index (κ1) is 24.8. The normalized spacial score (nSPS) is 12.8. The number of benzene rings is 2. The molecule has 2 aromatic carbocycles. The Balaban J connectivity index is 1.07. The molecule has 0 saturated carbocycles. The summed E-state index contributed by atoms with van der Waals surface area (Å²) in [6.07, 6.45) is 12.8. The topological polar surface area (TPSA) is 92.9 Å². The monoisotopic (exact) mass is 493 g/mol. The molecule has 0 saturated heterocycles. The molecule has 5 rings (SSSR count). The minimum absolute atomic E-state index is 0.00282. The summed E-state index contributed by atoms with van der Waals surface area (Å²) in [6, 6.07) is 18.0. The molecule has 37 heavy (non-hydrogen) atoms. The van der Waals surface area contributed by atoms with Gasteiger partial charge in [0.15, 0.2) is 0 Å². The lowest BCUT2D eigenvalue weighted by atomic mass is 9.92. The van der Waals surface area contributed by atoms with Crippen molar-refractivity contribution in [1.82, 2.24) is 9.97 Å². The van der Waals surface area contributed by atoms with E-state index in [4.69, 9.17) is 10.7 Å². The second-order valence-electron chi connectivity index (χ2n) is 9.82. The van der Waals surface area contributed by atoms with Crippen molar-refractivity contribution >= 4 is 33.9 Å². The smallest absolute Gasteiger partial charge is 0.224 e. The number of hydrogen-bond donors (Lipinski definition) is 3. The summed E-state index contributed by atoms with van der Waals surface area (Å²) in [7, 11) is 0. The van der Waals surface area contributed by atoms with Gasteiger partial charge in [0.05, 0.1) is 16.9 Å². The zero-order valence-corrected chi connectivity index (χ0v) is 21.3. The largest absolute Gasteiger partial charge is 0.397 e. The average molecular weight is 494 g/mol. The fraction of sp³-hybridized carbons (Fsp3) is 0.323. The number of hydrogen-bond acceptors (Lipinski definition) is 5. The van der Waals surface area contributed by atoms with Crippen LogP contribution in [0.4, 0.5) is 17.1 Å². The highest BCUT2D eigenvalue weighted by Crippen LogP contribution is 2.33. The highest BCUT2D eigenvalue weighted by atomic mass is 16.1. The highest BCUT2D eigenvalue weighted by molar-refractivity contribution is 5.95. The van der Waals surface area contributed by atoms with Crippen molar-refractivity contribution in [3.8, 4) is 11.1 Å². The number of aryl methyl sites for hydroxylation is 1. The van der Waals surface area contributed by atoms with Gasteiger partial charge in [0.25, 0.3) is 0 Å². The van der Waals surface area contributed by atoms with Crippen molar-refractivity contribution in [3.63, 3.8) is 0 Å². The second-order valence-corrected chi connectivity index (χ2v) is 9.82. The SMILES string of the molecule is Nc1ccc(-c2cccnc2)cc1NC(=O)CCCCCCNc1c2c(nc3ccccc13)CCCC2. The third-order valence-electron chi connectivity index (χ3n) is 7.12. The first-order valence-electron chi connectivity index (χ1n) is 13.4. The molecule has 0 unspecified atom stereocenters. The number of nitrogens with one attached hydrogen (secondary N) is 2. The van der Waals surface area contributed by atoms with Gasteiger partial charge >= 0.3 is 0 Å². The maximum atomic E-state index is 12.5. The summed E-state index contributed by atoms with van der Waals surface area (Å²) in [5.74, 6) is 0.00282. The van der Waals surface area contributed by atoms with Gasteiger partial charge in [0, 0.05) is 47.7 Å². The molecule has 1 aliphatic carbocycles. The van der Waals surface area contributed by atoms with Crippen LogP contribution in [0.2, 0.25) is 0 Å². The number of amides is 1. The number of carbonyl (C=O) groups excluding carboxylic acids is 1. The van der Waals surface area contributed by atoms with Crippen molar-refractivity contribution in [3.05, 3.63) is 78.2 Å². The molecule has 0 atom stereocenters. The Labute approximate surface area is 218 Å². The summed E-state index contributed by atoms with van der Waals surface area (Å²) in [6.45, 7) is 0.935. The molecule has 0 spiro atoms. The molecule has 6 heteroatoms. The number of unbranched alkanes of at least 4 members (excludes halogenated alkanes) is 3. The Morgan fingerprint density at radius 1 is 0.919 bits per heavy atom. The third kappa shape index (κ3) is 6.08. The van der Waals surface area contributed by atoms with E-state index in [0.717, 1.165) is 61.7 Å². The molecule has 190 valence electrons. The standard InChI is InChI=1S/C31H35N5O/c32-26-17-16-22(23-10-9-18-33-21-23)20-29(26)36-30(37)15-3-1-2-8-19-34-31-24-11-4-6-13-27(24)35-28-14-7-5-12-25(28)31/h4,6,9-11,13,16-18,20-21H,1-3,5,7-8,12,14-15,19,32H2,(H,34,35)(H,36,37). The maximum absolute atomic E-state index is 12.5. The molecule has 0 fully saturated rings. The number of carbonyl (C=O) groups is 1. The van der Waals surface area contributed by atoms with Crippen LogP contribution in [-0.2, 0) is 17.6 Å². The Kier molecular flexibility index (Phi) is 7.94. The summed E-state index contributed by atoms with van der Waals surface area (Å²) in [5.41, 5.74) is 14.4. The third-order valence-corrected chi connectivity index (χ3v) is 7.12. The van der Waals surface area contributed by atoms with Gasteiger partial charge in [-0.05, 0) is 73.9 Å². The predicted molar refractivity (Wildman–Crippen MR) is 153 cm³/mol. The molecule has 2 aromatic heterocycles. The first-order valence-corrected chi connectivity index (χ1v) is 13.4. The Bertz CT molecular complexity index is 1370. The van der Waals surface area contributed by atoms with E-state index in [1.165, 1.54) is 35.2 Å². The van der Waals surface area contributed by atoms with E-state index in [9.17, 15) is 4.79 Å². The number of nitrogen functional groups attached to an aromatic ring is 1. The van der Waals surface area contributed by atoms with Crippen LogP contribution >= 0.6 is 0 Å². The van der Waals surface area contributed by atoms with Crippen LogP contribution in [-0.4, -0.2) is 22.4 Å². The van der Waals surface area contributed by atoms with Crippen LogP contribution < -0.4 is 16.4 Å². The summed E-state index contributed by atoms with van der Waals surface area (Å²) < 4.78 is 0. The van der Waals surface area contributed by atoms with Crippen LogP contribution in [0.3, 0.4) is 0 Å². The molecular formula is C31H35N5O. The quantitative estimate of drug-likeness (QED) is 0.168. The Hall–Kier alpha value is -3.93. The van der Waals surface area contributed by atoms with E-state index >= 15 is 0 Å². The van der Waals surface area contributed by atoms with Crippen molar-refractivity contribution in [1.29, 1.82) is 0 Å². The second kappa shape index (κ2) is 11.9. The van der Waals surface area contributed by atoms with E-state index in [1.807, 2.05) is 30.3 Å². The number of nitrogens with zero attached hydrogens (tertiary/aromatic N) is 2. The lowest BCUT2D eigenvalue weighted by molar-refractivity contribution is -0.116. The Morgan fingerprint density at radius 2 is 1.78 bits per heavy atom. The van der Waals surface area contributed by atoms with Crippen LogP contribution in [0.25, 0.3) is 22.0 Å². The lowest BCUT2D eigenvalue weighted by Gasteiger charge is -2.21. The molecule has 1 amide bonds. The molecule has 4 N–H and O–H groups in total. The van der Waals surface area contributed by atoms with Crippen molar-refractivity contribution in [2.24, 2.45) is 0 Å². The van der Waals surface area contributed by atoms with Crippen molar-refractivity contribution in [2.75, 3.05) is 22.9 Å². The van der Waals surface area contributed by atoms with E-state index in [1.54, 1.807) is 12.4 Å². The van der Waals surface area contributed by atoms with Gasteiger partial charge in [-0.2, -0.15) is 0 Å². The van der Waals surface area contributed by atoms with Gasteiger partial charge < -0.3 is 16.4 Å². The van der Waals surface area contributed by atoms with E-state index in [2.05, 4.69) is 39.9 Å². The van der Waals surface area contributed by atoms with Crippen LogP contribution in [0.15, 0.2) is 67.0 Å². The average Bonchev–Trinajstić information content (AvgIpc) is 2.93. The highest BCUT2D eigenvalue weighted by Gasteiger charge is 2.17. The van der Waals surface area contributed by atoms with E-state index < -0.39 is 0 Å². The number of anilines is 3. The molecule has 0 bridgehead atoms. The van der Waals surface area contributed by atoms with Crippen LogP contribution in [0, 0.1) is 0 Å². The van der Waals surface area contributed by atoms with Crippen LogP contribution in [0.1, 0.15) is 56.2 Å². The zero-order chi connectivity index (χ0) is 25.5. The fourth-order valence-corrected chi connectivity index (χ4v) is 5.14. The summed E-state index contributed by atoms with van der Waals surface area (Å²) >= 11 is 0. The number of pyridine rings is 2. The van der Waals surface area contributed by atoms with Gasteiger partial charge in [-0.1, -0.05) is 43.2 Å². The lowest BCUT2D eigenvalue weighted by Crippen LogP contribution is -2.13. The zero-order valence-electron chi connectivity index (χ0n) is 21.3. The maximum Gasteiger partial charge on any atom is 0.224 e. The summed E-state index contributed by atoms with van der Waals surface area (Å²) in [4.78, 5) is 21.6.